The molecule has 1 aromatic heterocycles. The van der Waals surface area contributed by atoms with Crippen molar-refractivity contribution in [2.75, 3.05) is 10.6 Å². The van der Waals surface area contributed by atoms with Crippen LogP contribution in [0.2, 0.25) is 0 Å². The second-order valence-electron chi connectivity index (χ2n) is 7.34. The molecule has 150 valence electrons. The summed E-state index contributed by atoms with van der Waals surface area (Å²) in [4.78, 5) is 24.8. The largest absolute Gasteiger partial charge is 0.451 e. The molecule has 1 heterocycles. The number of hydrogen-bond acceptors (Lipinski definition) is 3. The summed E-state index contributed by atoms with van der Waals surface area (Å²) in [6.07, 6.45) is 0.255. The number of nitrogens with one attached hydrogen (secondary N) is 2. The van der Waals surface area contributed by atoms with Crippen molar-refractivity contribution >= 4 is 34.2 Å². The minimum absolute atomic E-state index is 0.0824. The number of fused-ring (bicyclic) bond motifs is 1. The summed E-state index contributed by atoms with van der Waals surface area (Å²) in [6, 6.07) is 22.3. The molecule has 0 saturated carbocycles. The molecule has 0 aliphatic carbocycles. The minimum atomic E-state index is -0.313. The fourth-order valence-electron chi connectivity index (χ4n) is 3.33. The number of para-hydroxylation sites is 1. The number of carbonyl (C=O) groups excluding carboxylic acids is 2. The Labute approximate surface area is 174 Å². The van der Waals surface area contributed by atoms with Crippen molar-refractivity contribution in [2.45, 2.75) is 20.3 Å². The van der Waals surface area contributed by atoms with Gasteiger partial charge in [0.2, 0.25) is 5.91 Å². The van der Waals surface area contributed by atoms with Crippen LogP contribution >= 0.6 is 0 Å². The SMILES string of the molecule is Cc1ccc(NC(=O)Cc2ccc(NC(=O)c3cc4ccccc4o3)cc2)c(C)c1. The Morgan fingerprint density at radius 3 is 2.37 bits per heavy atom. The second-order valence-corrected chi connectivity index (χ2v) is 7.34. The Kier molecular flexibility index (Phi) is 5.35. The average Bonchev–Trinajstić information content (AvgIpc) is 3.16. The molecule has 0 atom stereocenters. The van der Waals surface area contributed by atoms with E-state index in [0.717, 1.165) is 27.8 Å². The van der Waals surface area contributed by atoms with Crippen LogP contribution in [-0.4, -0.2) is 11.8 Å². The predicted octanol–water partition coefficient (Wildman–Crippen LogP) is 5.48. The summed E-state index contributed by atoms with van der Waals surface area (Å²) in [5.74, 6) is -0.138. The van der Waals surface area contributed by atoms with Crippen LogP contribution in [0.25, 0.3) is 11.0 Å². The Bertz CT molecular complexity index is 1190. The standard InChI is InChI=1S/C25H22N2O3/c1-16-7-12-21(17(2)13-16)27-24(28)14-18-8-10-20(11-9-18)26-25(29)23-15-19-5-3-4-6-22(19)30-23/h3-13,15H,14H2,1-2H3,(H,26,29)(H,27,28). The molecule has 4 aromatic rings. The van der Waals surface area contributed by atoms with E-state index in [9.17, 15) is 9.59 Å². The molecule has 0 spiro atoms. The van der Waals surface area contributed by atoms with Crippen LogP contribution in [0, 0.1) is 13.8 Å². The minimum Gasteiger partial charge on any atom is -0.451 e. The van der Waals surface area contributed by atoms with Gasteiger partial charge in [-0.05, 0) is 55.3 Å². The van der Waals surface area contributed by atoms with Gasteiger partial charge in [0.25, 0.3) is 5.91 Å². The van der Waals surface area contributed by atoms with Crippen molar-refractivity contribution in [2.24, 2.45) is 0 Å². The monoisotopic (exact) mass is 398 g/mol. The zero-order valence-electron chi connectivity index (χ0n) is 16.9. The van der Waals surface area contributed by atoms with Crippen LogP contribution in [0.1, 0.15) is 27.2 Å². The van der Waals surface area contributed by atoms with Gasteiger partial charge < -0.3 is 15.1 Å². The summed E-state index contributed by atoms with van der Waals surface area (Å²) in [6.45, 7) is 4.00. The number of furan rings is 1. The van der Waals surface area contributed by atoms with Gasteiger partial charge in [-0.15, -0.1) is 0 Å². The number of benzene rings is 3. The lowest BCUT2D eigenvalue weighted by atomic mass is 10.1. The van der Waals surface area contributed by atoms with E-state index >= 15 is 0 Å². The van der Waals surface area contributed by atoms with Gasteiger partial charge in [-0.1, -0.05) is 48.0 Å². The smallest absolute Gasteiger partial charge is 0.291 e. The molecule has 2 N–H and O–H groups in total. The quantitative estimate of drug-likeness (QED) is 0.467. The number of amides is 2. The lowest BCUT2D eigenvalue weighted by Crippen LogP contribution is -2.15. The Morgan fingerprint density at radius 1 is 0.867 bits per heavy atom. The number of rotatable bonds is 5. The van der Waals surface area contributed by atoms with Crippen LogP contribution in [0.4, 0.5) is 11.4 Å². The molecule has 0 aliphatic rings. The molecule has 0 radical (unpaired) electrons. The van der Waals surface area contributed by atoms with Crippen molar-refractivity contribution in [1.82, 2.24) is 0 Å². The van der Waals surface area contributed by atoms with Crippen LogP contribution in [0.15, 0.2) is 77.2 Å². The van der Waals surface area contributed by atoms with E-state index in [1.54, 1.807) is 18.2 Å². The maximum absolute atomic E-state index is 12.4. The van der Waals surface area contributed by atoms with E-state index in [-0.39, 0.29) is 24.0 Å². The Balaban J connectivity index is 1.37. The van der Waals surface area contributed by atoms with Crippen LogP contribution in [-0.2, 0) is 11.2 Å². The van der Waals surface area contributed by atoms with E-state index in [2.05, 4.69) is 10.6 Å². The first-order chi connectivity index (χ1) is 14.5. The first kappa shape index (κ1) is 19.5. The van der Waals surface area contributed by atoms with Gasteiger partial charge in [0, 0.05) is 16.8 Å². The highest BCUT2D eigenvalue weighted by Crippen LogP contribution is 2.20. The fourth-order valence-corrected chi connectivity index (χ4v) is 3.33. The van der Waals surface area contributed by atoms with Gasteiger partial charge in [-0.3, -0.25) is 9.59 Å². The van der Waals surface area contributed by atoms with Crippen molar-refractivity contribution in [3.8, 4) is 0 Å². The molecule has 30 heavy (non-hydrogen) atoms. The van der Waals surface area contributed by atoms with Gasteiger partial charge in [-0.25, -0.2) is 0 Å². The third-order valence-corrected chi connectivity index (χ3v) is 4.88. The first-order valence-corrected chi connectivity index (χ1v) is 9.74. The average molecular weight is 398 g/mol. The number of anilines is 2. The van der Waals surface area contributed by atoms with Crippen LogP contribution in [0.3, 0.4) is 0 Å². The molecule has 0 aliphatic heterocycles. The van der Waals surface area contributed by atoms with Crippen molar-refractivity contribution in [3.05, 3.63) is 95.2 Å². The van der Waals surface area contributed by atoms with Crippen LogP contribution < -0.4 is 10.6 Å². The fraction of sp³-hybridized carbons (Fsp3) is 0.120. The summed E-state index contributed by atoms with van der Waals surface area (Å²) < 4.78 is 5.59. The maximum Gasteiger partial charge on any atom is 0.291 e. The molecular formula is C25H22N2O3. The lowest BCUT2D eigenvalue weighted by molar-refractivity contribution is -0.115. The van der Waals surface area contributed by atoms with E-state index in [0.29, 0.717) is 11.3 Å². The van der Waals surface area contributed by atoms with Gasteiger partial charge >= 0.3 is 0 Å². The topological polar surface area (TPSA) is 71.3 Å². The second kappa shape index (κ2) is 8.25. The predicted molar refractivity (Wildman–Crippen MR) is 119 cm³/mol. The number of carbonyl (C=O) groups is 2. The Hall–Kier alpha value is -3.86. The van der Waals surface area contributed by atoms with Gasteiger partial charge in [0.1, 0.15) is 5.58 Å². The highest BCUT2D eigenvalue weighted by Gasteiger charge is 2.12. The van der Waals surface area contributed by atoms with Gasteiger partial charge in [0.05, 0.1) is 6.42 Å². The van der Waals surface area contributed by atoms with E-state index in [1.807, 2.05) is 68.4 Å². The highest BCUT2D eigenvalue weighted by atomic mass is 16.3. The molecule has 3 aromatic carbocycles. The van der Waals surface area contributed by atoms with E-state index in [4.69, 9.17) is 4.42 Å². The van der Waals surface area contributed by atoms with Gasteiger partial charge in [-0.2, -0.15) is 0 Å². The molecular weight excluding hydrogens is 376 g/mol. The highest BCUT2D eigenvalue weighted by molar-refractivity contribution is 6.04. The molecule has 0 bridgehead atoms. The molecule has 5 nitrogen and oxygen atoms in total. The molecule has 5 heteroatoms. The maximum atomic E-state index is 12.4. The third kappa shape index (κ3) is 4.41. The summed E-state index contributed by atoms with van der Waals surface area (Å²) in [5, 5.41) is 6.65. The molecule has 0 unspecified atom stereocenters. The number of aryl methyl sites for hydroxylation is 2. The summed E-state index contributed by atoms with van der Waals surface area (Å²) in [5.41, 5.74) is 5.18. The molecule has 0 saturated heterocycles. The molecule has 4 rings (SSSR count). The van der Waals surface area contributed by atoms with Crippen molar-refractivity contribution < 1.29 is 14.0 Å². The molecule has 2 amide bonds. The number of hydrogen-bond donors (Lipinski definition) is 2. The van der Waals surface area contributed by atoms with Gasteiger partial charge in [0.15, 0.2) is 5.76 Å². The lowest BCUT2D eigenvalue weighted by Gasteiger charge is -2.10. The third-order valence-electron chi connectivity index (χ3n) is 4.88. The van der Waals surface area contributed by atoms with Crippen molar-refractivity contribution in [3.63, 3.8) is 0 Å². The van der Waals surface area contributed by atoms with Crippen LogP contribution in [0.5, 0.6) is 0 Å². The normalized spacial score (nSPS) is 10.7. The van der Waals surface area contributed by atoms with E-state index in [1.165, 1.54) is 0 Å². The van der Waals surface area contributed by atoms with Crippen molar-refractivity contribution in [1.29, 1.82) is 0 Å². The Morgan fingerprint density at radius 2 is 1.63 bits per heavy atom. The molecule has 0 fully saturated rings. The first-order valence-electron chi connectivity index (χ1n) is 9.74. The summed E-state index contributed by atoms with van der Waals surface area (Å²) >= 11 is 0. The zero-order valence-corrected chi connectivity index (χ0v) is 16.9. The van der Waals surface area contributed by atoms with E-state index < -0.39 is 0 Å². The zero-order chi connectivity index (χ0) is 21.1. The summed E-state index contributed by atoms with van der Waals surface area (Å²) in [7, 11) is 0.